The van der Waals surface area contributed by atoms with Crippen LogP contribution in [0.3, 0.4) is 0 Å². The lowest BCUT2D eigenvalue weighted by Gasteiger charge is -2.23. The molecule has 1 aromatic rings. The summed E-state index contributed by atoms with van der Waals surface area (Å²) in [6.45, 7) is 0. The second kappa shape index (κ2) is 8.48. The van der Waals surface area contributed by atoms with Crippen molar-refractivity contribution < 1.29 is 0 Å². The third-order valence-corrected chi connectivity index (χ3v) is 3.56. The molecular formula is C16H21N3S. The lowest BCUT2D eigenvalue weighted by molar-refractivity contribution is 0.412. The Morgan fingerprint density at radius 2 is 1.90 bits per heavy atom. The average molecular weight is 287 g/mol. The van der Waals surface area contributed by atoms with Crippen LogP contribution in [-0.4, -0.2) is 17.4 Å². The summed E-state index contributed by atoms with van der Waals surface area (Å²) in [5.74, 6) is 0. The molecule has 0 heterocycles. The zero-order valence-electron chi connectivity index (χ0n) is 11.6. The summed E-state index contributed by atoms with van der Waals surface area (Å²) in [5, 5.41) is 8.01. The van der Waals surface area contributed by atoms with E-state index in [4.69, 9.17) is 12.2 Å². The standard InChI is InChI=1S/C16H21N3S/c20-16(18-15-11-5-2-6-12-15)19-17-13-7-10-14-8-3-1-4-9-14/h1,3-4,7-10,13,15H,2,5-6,11-12H2,(H2,18,19,20)/b10-7+,17-13?. The minimum absolute atomic E-state index is 0.513. The van der Waals surface area contributed by atoms with Gasteiger partial charge in [0.05, 0.1) is 0 Å². The number of hydrogen-bond acceptors (Lipinski definition) is 2. The molecule has 0 bridgehead atoms. The van der Waals surface area contributed by atoms with Gasteiger partial charge in [0.1, 0.15) is 0 Å². The highest BCUT2D eigenvalue weighted by molar-refractivity contribution is 7.80. The normalized spacial score (nSPS) is 16.6. The fourth-order valence-corrected chi connectivity index (χ4v) is 2.54. The van der Waals surface area contributed by atoms with Crippen molar-refractivity contribution >= 4 is 29.6 Å². The highest BCUT2D eigenvalue weighted by Gasteiger charge is 2.13. The molecule has 0 aromatic heterocycles. The van der Waals surface area contributed by atoms with Crippen molar-refractivity contribution in [2.75, 3.05) is 0 Å². The second-order valence-electron chi connectivity index (χ2n) is 4.97. The number of thiocarbonyl (C=S) groups is 1. The summed E-state index contributed by atoms with van der Waals surface area (Å²) in [6.07, 6.45) is 12.0. The van der Waals surface area contributed by atoms with Crippen molar-refractivity contribution in [2.24, 2.45) is 5.10 Å². The minimum atomic E-state index is 0.513. The molecule has 0 atom stereocenters. The predicted octanol–water partition coefficient (Wildman–Crippen LogP) is 3.48. The lowest BCUT2D eigenvalue weighted by atomic mass is 9.96. The first-order chi connectivity index (χ1) is 9.84. The molecule has 0 spiro atoms. The van der Waals surface area contributed by atoms with Crippen molar-refractivity contribution in [1.29, 1.82) is 0 Å². The molecule has 2 rings (SSSR count). The summed E-state index contributed by atoms with van der Waals surface area (Å²) >= 11 is 5.22. The van der Waals surface area contributed by atoms with Crippen LogP contribution in [0.4, 0.5) is 0 Å². The van der Waals surface area contributed by atoms with Gasteiger partial charge in [-0.05, 0) is 36.7 Å². The molecule has 20 heavy (non-hydrogen) atoms. The number of rotatable bonds is 4. The second-order valence-corrected chi connectivity index (χ2v) is 5.38. The highest BCUT2D eigenvalue weighted by atomic mass is 32.1. The van der Waals surface area contributed by atoms with E-state index in [0.29, 0.717) is 11.2 Å². The van der Waals surface area contributed by atoms with Crippen molar-refractivity contribution in [3.8, 4) is 0 Å². The van der Waals surface area contributed by atoms with E-state index < -0.39 is 0 Å². The van der Waals surface area contributed by atoms with Crippen LogP contribution in [0.1, 0.15) is 37.7 Å². The third-order valence-electron chi connectivity index (χ3n) is 3.36. The number of nitrogens with one attached hydrogen (secondary N) is 2. The maximum absolute atomic E-state index is 5.22. The van der Waals surface area contributed by atoms with Gasteiger partial charge in [0, 0.05) is 12.3 Å². The van der Waals surface area contributed by atoms with Crippen LogP contribution < -0.4 is 10.7 Å². The van der Waals surface area contributed by atoms with Crippen molar-refractivity contribution in [2.45, 2.75) is 38.1 Å². The molecule has 1 aliphatic rings. The molecule has 106 valence electrons. The van der Waals surface area contributed by atoms with Gasteiger partial charge in [-0.25, -0.2) is 0 Å². The van der Waals surface area contributed by atoms with Crippen LogP contribution in [0.25, 0.3) is 6.08 Å². The van der Waals surface area contributed by atoms with Crippen molar-refractivity contribution in [1.82, 2.24) is 10.7 Å². The van der Waals surface area contributed by atoms with Gasteiger partial charge in [-0.1, -0.05) is 55.7 Å². The van der Waals surface area contributed by atoms with Gasteiger partial charge in [-0.2, -0.15) is 5.10 Å². The number of hydrogen-bond donors (Lipinski definition) is 2. The zero-order valence-corrected chi connectivity index (χ0v) is 12.4. The van der Waals surface area contributed by atoms with E-state index in [9.17, 15) is 0 Å². The Hall–Kier alpha value is -1.68. The number of benzene rings is 1. The Bertz CT molecular complexity index is 462. The van der Waals surface area contributed by atoms with Gasteiger partial charge >= 0.3 is 0 Å². The summed E-state index contributed by atoms with van der Waals surface area (Å²) in [5.41, 5.74) is 4.01. The smallest absolute Gasteiger partial charge is 0.187 e. The summed E-state index contributed by atoms with van der Waals surface area (Å²) in [6, 6.07) is 10.6. The van der Waals surface area contributed by atoms with E-state index in [1.807, 2.05) is 42.5 Å². The van der Waals surface area contributed by atoms with Crippen LogP contribution in [0, 0.1) is 0 Å². The Labute approximate surface area is 126 Å². The summed E-state index contributed by atoms with van der Waals surface area (Å²) < 4.78 is 0. The molecule has 1 saturated carbocycles. The first kappa shape index (κ1) is 14.7. The maximum Gasteiger partial charge on any atom is 0.187 e. The topological polar surface area (TPSA) is 36.4 Å². The van der Waals surface area contributed by atoms with Gasteiger partial charge in [0.2, 0.25) is 0 Å². The molecule has 1 aromatic carbocycles. The average Bonchev–Trinajstić information content (AvgIpc) is 2.49. The molecule has 4 heteroatoms. The first-order valence-corrected chi connectivity index (χ1v) is 7.57. The molecule has 1 fully saturated rings. The van der Waals surface area contributed by atoms with Crippen LogP contribution in [0.15, 0.2) is 41.5 Å². The Kier molecular flexibility index (Phi) is 6.24. The monoisotopic (exact) mass is 287 g/mol. The van der Waals surface area contributed by atoms with Gasteiger partial charge in [-0.15, -0.1) is 0 Å². The van der Waals surface area contributed by atoms with Crippen LogP contribution in [0.5, 0.6) is 0 Å². The van der Waals surface area contributed by atoms with Crippen molar-refractivity contribution in [3.05, 3.63) is 42.0 Å². The van der Waals surface area contributed by atoms with E-state index in [1.165, 1.54) is 32.1 Å². The Morgan fingerprint density at radius 1 is 1.15 bits per heavy atom. The quantitative estimate of drug-likeness (QED) is 0.506. The molecule has 0 unspecified atom stereocenters. The van der Waals surface area contributed by atoms with Crippen LogP contribution in [0.2, 0.25) is 0 Å². The van der Waals surface area contributed by atoms with Gasteiger partial charge in [-0.3, -0.25) is 5.43 Å². The maximum atomic E-state index is 5.22. The first-order valence-electron chi connectivity index (χ1n) is 7.16. The van der Waals surface area contributed by atoms with Gasteiger partial charge < -0.3 is 5.32 Å². The van der Waals surface area contributed by atoms with E-state index >= 15 is 0 Å². The molecule has 0 amide bonds. The van der Waals surface area contributed by atoms with E-state index in [0.717, 1.165) is 5.56 Å². The zero-order chi connectivity index (χ0) is 14.0. The lowest BCUT2D eigenvalue weighted by Crippen LogP contribution is -2.40. The molecule has 2 N–H and O–H groups in total. The van der Waals surface area contributed by atoms with Gasteiger partial charge in [0.25, 0.3) is 0 Å². The predicted molar refractivity (Wildman–Crippen MR) is 89.7 cm³/mol. The molecule has 0 radical (unpaired) electrons. The molecule has 0 saturated heterocycles. The SMILES string of the molecule is S=C(NN=C/C=C/c1ccccc1)NC1CCCCC1. The highest BCUT2D eigenvalue weighted by Crippen LogP contribution is 2.17. The Morgan fingerprint density at radius 3 is 2.65 bits per heavy atom. The van der Waals surface area contributed by atoms with Crippen LogP contribution in [-0.2, 0) is 0 Å². The van der Waals surface area contributed by atoms with E-state index in [2.05, 4.69) is 15.8 Å². The molecule has 1 aliphatic carbocycles. The Balaban J connectivity index is 1.67. The van der Waals surface area contributed by atoms with Gasteiger partial charge in [0.15, 0.2) is 5.11 Å². The molecule has 0 aliphatic heterocycles. The van der Waals surface area contributed by atoms with Crippen LogP contribution >= 0.6 is 12.2 Å². The van der Waals surface area contributed by atoms with E-state index in [1.54, 1.807) is 6.21 Å². The summed E-state index contributed by atoms with van der Waals surface area (Å²) in [7, 11) is 0. The number of nitrogens with zero attached hydrogens (tertiary/aromatic N) is 1. The number of hydrazone groups is 1. The number of allylic oxidation sites excluding steroid dienone is 1. The third kappa shape index (κ3) is 5.53. The van der Waals surface area contributed by atoms with E-state index in [-0.39, 0.29) is 0 Å². The summed E-state index contributed by atoms with van der Waals surface area (Å²) in [4.78, 5) is 0. The molecule has 3 nitrogen and oxygen atoms in total. The van der Waals surface area contributed by atoms with Crippen molar-refractivity contribution in [3.63, 3.8) is 0 Å². The molecular weight excluding hydrogens is 266 g/mol. The fourth-order valence-electron chi connectivity index (χ4n) is 2.32. The fraction of sp³-hybridized carbons (Fsp3) is 0.375. The minimum Gasteiger partial charge on any atom is -0.359 e. The largest absolute Gasteiger partial charge is 0.359 e.